The van der Waals surface area contributed by atoms with E-state index in [9.17, 15) is 121 Å². The number of hydrogen-bond donors (Lipinski definition) is 23. The molecule has 0 radical (unpaired) electrons. The molecule has 7 atom stereocenters. The molecule has 25 N–H and O–H groups in total. The fourth-order valence-corrected chi connectivity index (χ4v) is 13.8. The van der Waals surface area contributed by atoms with E-state index < -0.39 is 209 Å². The van der Waals surface area contributed by atoms with Gasteiger partial charge in [-0.3, -0.25) is 92.2 Å². The minimum Gasteiger partial charge on any atom is -0.481 e. The van der Waals surface area contributed by atoms with Crippen LogP contribution in [0.5, 0.6) is 0 Å². The Balaban J connectivity index is 1.25. The molecule has 3 rings (SSSR count). The highest BCUT2D eigenvalue weighted by Gasteiger charge is 2.58. The summed E-state index contributed by atoms with van der Waals surface area (Å²) < 4.78 is 44.8. The number of hydrogen-bond acceptors (Lipinski definition) is 27. The number of ether oxygens (including phenoxy) is 4. The summed E-state index contributed by atoms with van der Waals surface area (Å²) in [6.07, 6.45) is -5.58. The van der Waals surface area contributed by atoms with Crippen LogP contribution in [0.25, 0.3) is 0 Å². The molecule has 1 fully saturated rings. The zero-order chi connectivity index (χ0) is 86.6. The Kier molecular flexibility index (Phi) is 46.3. The summed E-state index contributed by atoms with van der Waals surface area (Å²) in [4.78, 5) is 229. The molecule has 650 valence electrons. The van der Waals surface area contributed by atoms with Crippen LogP contribution in [0.3, 0.4) is 0 Å². The summed E-state index contributed by atoms with van der Waals surface area (Å²) in [5.41, 5.74) is 13.2. The van der Waals surface area contributed by atoms with Crippen molar-refractivity contribution in [1.29, 1.82) is 0 Å². The summed E-state index contributed by atoms with van der Waals surface area (Å²) in [7, 11) is -11.4. The number of likely N-dealkylation sites (tertiary alicyclic amines) is 1. The van der Waals surface area contributed by atoms with Gasteiger partial charge in [-0.25, -0.2) is 4.79 Å². The number of urea groups is 1. The molecule has 2 aromatic rings. The van der Waals surface area contributed by atoms with Crippen molar-refractivity contribution in [3.8, 4) is 0 Å². The standard InChI is InChI=1S/C68H108N16O29P2S/c1-41(2)59(83-63(98)48(39-85)81-62(97)47(15-20-58(93)94)80-61(96)46(10-6-22-76-66(70)101)78-55(90)36-43-11-13-44(14-12-43)77-67(102)82-45-9-5-4-8-42(45)3)64(99)75-27-31-113-35-34-112-29-25-73-52(87)17-16-51(86)72-24-28-110-32-33-111-30-26-74-53(88)18-19-54(89)79-49(60(69)95)40-116-50-37-57(92)84(65(50)100)38-56(91)71-23-7-21-68(103,114(104,105)106)115(107,108)109/h4-5,8-9,11-14,41,46-50,59,66,76,85,101,103H,6-7,10,15-40,70H2,1-3H3,(H2,69,95)(H,71,91)(H,72,86)(H,73,87)(H,74,88)(H,75,99)(H,78,90)(H,79,89)(H,80,96)(H,81,97)(H,83,98)(H,93,94)(H2,77,82,102)(H2,104,105,106)(H2,107,108,109)/t46-,47-,48-,49+,50?,59-,66?/m0/s1. The Morgan fingerprint density at radius 1 is 0.578 bits per heavy atom. The van der Waals surface area contributed by atoms with Gasteiger partial charge in [0.15, 0.2) is 6.35 Å². The summed E-state index contributed by atoms with van der Waals surface area (Å²) in [6.45, 7) is 3.99. The highest BCUT2D eigenvalue weighted by Crippen LogP contribution is 2.69. The predicted molar refractivity (Wildman–Crippen MR) is 412 cm³/mol. The van der Waals surface area contributed by atoms with Crippen molar-refractivity contribution in [2.45, 2.75) is 145 Å². The monoisotopic (exact) mass is 1710 g/mol. The maximum absolute atomic E-state index is 13.9. The first kappa shape index (κ1) is 101. The summed E-state index contributed by atoms with van der Waals surface area (Å²) in [6, 6.07) is 5.82. The maximum Gasteiger partial charge on any atom is 0.369 e. The van der Waals surface area contributed by atoms with E-state index >= 15 is 0 Å². The molecule has 0 aromatic heterocycles. The average Bonchev–Trinajstić information content (AvgIpc) is 0.854. The van der Waals surface area contributed by atoms with Crippen LogP contribution < -0.4 is 80.6 Å². The molecule has 2 aromatic carbocycles. The van der Waals surface area contributed by atoms with Crippen LogP contribution in [0.1, 0.15) is 95.6 Å². The third-order valence-electron chi connectivity index (χ3n) is 16.7. The molecule has 2 unspecified atom stereocenters. The number of nitrogens with one attached hydrogen (secondary N) is 13. The lowest BCUT2D eigenvalue weighted by Crippen LogP contribution is -2.60. The Bertz CT molecular complexity index is 3690. The molecule has 45 nitrogen and oxygen atoms in total. The van der Waals surface area contributed by atoms with Gasteiger partial charge in [0, 0.05) is 94.8 Å². The molecule has 0 spiro atoms. The first-order chi connectivity index (χ1) is 54.7. The molecule has 116 heavy (non-hydrogen) atoms. The smallest absolute Gasteiger partial charge is 0.369 e. The van der Waals surface area contributed by atoms with Gasteiger partial charge in [0.25, 0.3) is 5.08 Å². The molecule has 0 aliphatic carbocycles. The maximum atomic E-state index is 13.9. The van der Waals surface area contributed by atoms with Gasteiger partial charge in [0.05, 0.1) is 71.1 Å². The van der Waals surface area contributed by atoms with Crippen LogP contribution in [-0.4, -0.2) is 292 Å². The van der Waals surface area contributed by atoms with Crippen molar-refractivity contribution in [3.63, 3.8) is 0 Å². The zero-order valence-corrected chi connectivity index (χ0v) is 66.9. The topological polar surface area (TPSA) is 701 Å². The van der Waals surface area contributed by atoms with Crippen molar-refractivity contribution >= 4 is 127 Å². The zero-order valence-electron chi connectivity index (χ0n) is 64.3. The van der Waals surface area contributed by atoms with Gasteiger partial charge in [-0.05, 0) is 74.4 Å². The normalized spacial score (nSPS) is 14.5. The number of carbonyl (C=O) groups is 15. The molecule has 15 amide bonds. The second kappa shape index (κ2) is 53.2. The van der Waals surface area contributed by atoms with Gasteiger partial charge < -0.3 is 128 Å². The van der Waals surface area contributed by atoms with Gasteiger partial charge in [-0.1, -0.05) is 44.2 Å². The van der Waals surface area contributed by atoms with Crippen molar-refractivity contribution < 1.29 is 140 Å². The van der Waals surface area contributed by atoms with E-state index in [1.807, 2.05) is 19.1 Å². The number of carboxylic acid groups (broad SMARTS) is 1. The molecule has 1 saturated heterocycles. The molecule has 1 heterocycles. The molecule has 48 heteroatoms. The Labute approximate surface area is 671 Å². The van der Waals surface area contributed by atoms with Gasteiger partial charge in [-0.15, -0.1) is 11.8 Å². The predicted octanol–water partition coefficient (Wildman–Crippen LogP) is -5.94. The van der Waals surface area contributed by atoms with E-state index in [0.717, 1.165) is 17.3 Å². The van der Waals surface area contributed by atoms with Crippen LogP contribution in [-0.2, 0) is 102 Å². The highest BCUT2D eigenvalue weighted by molar-refractivity contribution is 8.00. The average molecular weight is 1710 g/mol. The van der Waals surface area contributed by atoms with E-state index in [-0.39, 0.29) is 136 Å². The first-order valence-electron chi connectivity index (χ1n) is 36.7. The Morgan fingerprint density at radius 3 is 1.57 bits per heavy atom. The number of para-hydroxylation sites is 1. The summed E-state index contributed by atoms with van der Waals surface area (Å²) in [5.74, 6) is -12.0. The number of thioether (sulfide) groups is 1. The van der Waals surface area contributed by atoms with Crippen LogP contribution in [0, 0.1) is 12.8 Å². The van der Waals surface area contributed by atoms with Crippen LogP contribution in [0.4, 0.5) is 16.2 Å². The van der Waals surface area contributed by atoms with Crippen LogP contribution in [0.15, 0.2) is 48.5 Å². The summed E-state index contributed by atoms with van der Waals surface area (Å²) in [5, 5.41) is 67.3. The number of amides is 15. The van der Waals surface area contributed by atoms with Crippen molar-refractivity contribution in [2.24, 2.45) is 17.4 Å². The highest BCUT2D eigenvalue weighted by atomic mass is 32.2. The SMILES string of the molecule is Cc1ccccc1NC(=O)Nc1ccc(CC(=O)N[C@@H](CCCNC(N)O)C(=O)N[C@@H](CCC(=O)O)C(=O)N[C@@H](CO)C(=O)N[C@H](C(=O)NCCOCCOCCNC(=O)CCC(=O)NCCOCCOCCNC(=O)CCC(=O)N[C@H](CSC2CC(=O)N(CC(=O)NCCCC(O)(P(=O)(O)O)P(=O)(O)O)C2=O)C(N)=O)C(C)C)cc1. The minimum absolute atomic E-state index is 0.0136. The van der Waals surface area contributed by atoms with E-state index in [2.05, 4.69) is 69.1 Å². The number of imide groups is 1. The van der Waals surface area contributed by atoms with E-state index in [1.165, 1.54) is 0 Å². The van der Waals surface area contributed by atoms with Crippen LogP contribution >= 0.6 is 27.0 Å². The molecular weight excluding hydrogens is 1600 g/mol. The molecule has 1 aliphatic heterocycles. The van der Waals surface area contributed by atoms with Crippen molar-refractivity contribution in [1.82, 2.24) is 63.4 Å². The molecule has 0 bridgehead atoms. The van der Waals surface area contributed by atoms with E-state index in [1.54, 1.807) is 50.2 Å². The number of rotatable bonds is 59. The van der Waals surface area contributed by atoms with Gasteiger partial charge in [-0.2, -0.15) is 0 Å². The number of aliphatic hydroxyl groups is 3. The second-order valence-corrected chi connectivity index (χ2v) is 31.6. The van der Waals surface area contributed by atoms with Crippen LogP contribution in [0.2, 0.25) is 0 Å². The van der Waals surface area contributed by atoms with Gasteiger partial charge in [0.2, 0.25) is 76.8 Å². The number of nitrogens with two attached hydrogens (primary N) is 2. The number of aryl methyl sites for hydroxylation is 1. The fraction of sp³-hybridized carbons (Fsp3) is 0.603. The Morgan fingerprint density at radius 2 is 1.07 bits per heavy atom. The van der Waals surface area contributed by atoms with E-state index in [4.69, 9.17) is 30.4 Å². The minimum atomic E-state index is -5.72. The Hall–Kier alpha value is -9.22. The van der Waals surface area contributed by atoms with Gasteiger partial charge in [0.1, 0.15) is 36.8 Å². The van der Waals surface area contributed by atoms with Crippen molar-refractivity contribution in [3.05, 3.63) is 59.7 Å². The number of aliphatic carboxylic acids is 1. The third-order valence-corrected chi connectivity index (χ3v) is 21.9. The summed E-state index contributed by atoms with van der Waals surface area (Å²) >= 11 is 0.790. The lowest BCUT2D eigenvalue weighted by Gasteiger charge is -2.29. The fourth-order valence-electron chi connectivity index (χ4n) is 10.4. The second-order valence-electron chi connectivity index (χ2n) is 26.4. The lowest BCUT2D eigenvalue weighted by atomic mass is 10.0. The molecule has 0 saturated carbocycles. The third kappa shape index (κ3) is 39.6. The van der Waals surface area contributed by atoms with Crippen molar-refractivity contribution in [2.75, 3.05) is 122 Å². The number of carboxylic acids is 1. The number of anilines is 2. The quantitative estimate of drug-likeness (QED) is 0.0127. The first-order valence-corrected chi connectivity index (χ1v) is 41.0. The molecule has 1 aliphatic rings. The number of aliphatic hydroxyl groups excluding tert-OH is 2. The number of carbonyl (C=O) groups excluding carboxylic acids is 14. The number of benzene rings is 2. The number of primary amides is 1. The lowest BCUT2D eigenvalue weighted by molar-refractivity contribution is -0.142. The molecular formula is C68H108N16O29P2S. The van der Waals surface area contributed by atoms with E-state index in [0.29, 0.717) is 21.8 Å². The number of nitrogens with zero attached hydrogens (tertiary/aromatic N) is 1. The van der Waals surface area contributed by atoms with Gasteiger partial charge >= 0.3 is 27.2 Å². The largest absolute Gasteiger partial charge is 0.481 e.